The van der Waals surface area contributed by atoms with Gasteiger partial charge in [0.2, 0.25) is 0 Å². The normalized spacial score (nSPS) is 50.8. The third-order valence-corrected chi connectivity index (χ3v) is 1.35. The van der Waals surface area contributed by atoms with Crippen molar-refractivity contribution in [3.05, 3.63) is 0 Å². The molecule has 48 valence electrons. The third-order valence-electron chi connectivity index (χ3n) is 1.35. The van der Waals surface area contributed by atoms with E-state index in [0.29, 0.717) is 13.2 Å². The maximum atomic E-state index is 7.48. The molecule has 2 nitrogen and oxygen atoms in total. The van der Waals surface area contributed by atoms with Crippen molar-refractivity contribution in [1.82, 2.24) is 0 Å². The van der Waals surface area contributed by atoms with Crippen molar-refractivity contribution in [1.29, 1.82) is 0 Å². The highest BCUT2D eigenvalue weighted by molar-refractivity contribution is 4.63. The monoisotopic (exact) mass is 117 g/mol. The molecule has 0 saturated carbocycles. The average molecular weight is 117 g/mol. The summed E-state index contributed by atoms with van der Waals surface area (Å²) in [6.45, 7) is 4.74. The van der Waals surface area contributed by atoms with E-state index < -0.39 is 6.08 Å². The van der Waals surface area contributed by atoms with Crippen molar-refractivity contribution in [2.45, 2.75) is 26.0 Å². The van der Waals surface area contributed by atoms with Gasteiger partial charge in [0, 0.05) is 0 Å². The summed E-state index contributed by atoms with van der Waals surface area (Å²) in [5.41, 5.74) is 0. The summed E-state index contributed by atoms with van der Waals surface area (Å²) >= 11 is 0. The highest BCUT2D eigenvalue weighted by atomic mass is 16.6. The largest absolute Gasteiger partial charge is 0.373 e. The molecule has 2 atom stereocenters. The highest BCUT2D eigenvalue weighted by Gasteiger charge is 2.16. The SMILES string of the molecule is [2H]C1(C)OCCOC1C. The lowest BCUT2D eigenvalue weighted by molar-refractivity contribution is -0.124. The van der Waals surface area contributed by atoms with Gasteiger partial charge in [-0.25, -0.2) is 0 Å². The van der Waals surface area contributed by atoms with Gasteiger partial charge in [0.15, 0.2) is 0 Å². The van der Waals surface area contributed by atoms with Crippen LogP contribution in [0.2, 0.25) is 0 Å². The van der Waals surface area contributed by atoms with Gasteiger partial charge in [-0.2, -0.15) is 0 Å². The van der Waals surface area contributed by atoms with E-state index >= 15 is 0 Å². The van der Waals surface area contributed by atoms with Crippen LogP contribution in [0.1, 0.15) is 15.2 Å². The molecule has 0 bridgehead atoms. The van der Waals surface area contributed by atoms with Gasteiger partial charge in [-0.3, -0.25) is 0 Å². The van der Waals surface area contributed by atoms with Crippen LogP contribution >= 0.6 is 0 Å². The zero-order valence-corrected chi connectivity index (χ0v) is 5.31. The fraction of sp³-hybridized carbons (Fsp3) is 1.00. The van der Waals surface area contributed by atoms with Gasteiger partial charge < -0.3 is 9.47 Å². The van der Waals surface area contributed by atoms with Crippen LogP contribution in [0.15, 0.2) is 0 Å². The second-order valence-electron chi connectivity index (χ2n) is 1.97. The van der Waals surface area contributed by atoms with E-state index in [1.54, 1.807) is 6.92 Å². The first-order chi connectivity index (χ1) is 4.13. The van der Waals surface area contributed by atoms with Crippen molar-refractivity contribution in [3.63, 3.8) is 0 Å². The Morgan fingerprint density at radius 3 is 2.38 bits per heavy atom. The van der Waals surface area contributed by atoms with E-state index in [-0.39, 0.29) is 6.10 Å². The minimum absolute atomic E-state index is 0.105. The zero-order valence-electron chi connectivity index (χ0n) is 6.31. The Labute approximate surface area is 51.2 Å². The number of ether oxygens (including phenoxy) is 2. The van der Waals surface area contributed by atoms with Gasteiger partial charge in [0.05, 0.1) is 26.8 Å². The van der Waals surface area contributed by atoms with E-state index in [1.165, 1.54) is 0 Å². The molecule has 0 radical (unpaired) electrons. The van der Waals surface area contributed by atoms with E-state index in [9.17, 15) is 0 Å². The van der Waals surface area contributed by atoms with Gasteiger partial charge in [0.25, 0.3) is 0 Å². The Morgan fingerprint density at radius 2 is 2.00 bits per heavy atom. The van der Waals surface area contributed by atoms with Crippen LogP contribution < -0.4 is 0 Å². The molecular weight excluding hydrogens is 104 g/mol. The average Bonchev–Trinajstić information content (AvgIpc) is 1.77. The zero-order chi connectivity index (χ0) is 6.91. The van der Waals surface area contributed by atoms with Gasteiger partial charge in [-0.15, -0.1) is 0 Å². The van der Waals surface area contributed by atoms with Gasteiger partial charge >= 0.3 is 0 Å². The maximum absolute atomic E-state index is 7.48. The number of hydrogen-bond donors (Lipinski definition) is 0. The van der Waals surface area contributed by atoms with Crippen molar-refractivity contribution >= 4 is 0 Å². The van der Waals surface area contributed by atoms with Crippen LogP contribution in [0.3, 0.4) is 0 Å². The Morgan fingerprint density at radius 1 is 1.38 bits per heavy atom. The van der Waals surface area contributed by atoms with Crippen LogP contribution in [0.25, 0.3) is 0 Å². The van der Waals surface area contributed by atoms with Gasteiger partial charge in [-0.05, 0) is 13.8 Å². The molecule has 8 heavy (non-hydrogen) atoms. The molecule has 0 aromatic carbocycles. The maximum Gasteiger partial charge on any atom is 0.0807 e. The first kappa shape index (κ1) is 4.77. The molecule has 0 aromatic heterocycles. The van der Waals surface area contributed by atoms with E-state index in [4.69, 9.17) is 10.8 Å². The van der Waals surface area contributed by atoms with Crippen LogP contribution in [-0.2, 0) is 9.47 Å². The molecular formula is C6H12O2. The molecule has 0 N–H and O–H groups in total. The van der Waals surface area contributed by atoms with Crippen LogP contribution in [0.5, 0.6) is 0 Å². The number of hydrogen-bond acceptors (Lipinski definition) is 2. The van der Waals surface area contributed by atoms with Crippen LogP contribution in [0, 0.1) is 0 Å². The molecule has 0 spiro atoms. The molecule has 2 heteroatoms. The smallest absolute Gasteiger partial charge is 0.0807 e. The molecule has 1 saturated heterocycles. The van der Waals surface area contributed by atoms with E-state index in [1.807, 2.05) is 6.92 Å². The standard InChI is InChI=1S/C6H12O2/c1-5-6(2)8-4-3-7-5/h5-6H,3-4H2,1-2H3/i5D. The van der Waals surface area contributed by atoms with Gasteiger partial charge in [0.1, 0.15) is 0 Å². The van der Waals surface area contributed by atoms with E-state index in [0.717, 1.165) is 0 Å². The van der Waals surface area contributed by atoms with Crippen molar-refractivity contribution in [2.24, 2.45) is 0 Å². The molecule has 1 rings (SSSR count). The van der Waals surface area contributed by atoms with Crippen LogP contribution in [-0.4, -0.2) is 25.4 Å². The molecule has 1 aliphatic rings. The molecule has 0 aromatic rings. The van der Waals surface area contributed by atoms with Gasteiger partial charge in [-0.1, -0.05) is 0 Å². The highest BCUT2D eigenvalue weighted by Crippen LogP contribution is 2.07. The van der Waals surface area contributed by atoms with Crippen molar-refractivity contribution < 1.29 is 10.8 Å². The second-order valence-corrected chi connectivity index (χ2v) is 1.97. The molecule has 0 aliphatic carbocycles. The summed E-state index contributed by atoms with van der Waals surface area (Å²) in [4.78, 5) is 0. The number of rotatable bonds is 0. The fourth-order valence-corrected chi connectivity index (χ4v) is 0.662. The molecule has 1 aliphatic heterocycles. The molecule has 0 amide bonds. The molecule has 1 fully saturated rings. The minimum atomic E-state index is -0.835. The topological polar surface area (TPSA) is 18.5 Å². The second kappa shape index (κ2) is 2.46. The Kier molecular flexibility index (Phi) is 1.47. The predicted molar refractivity (Wildman–Crippen MR) is 30.8 cm³/mol. The van der Waals surface area contributed by atoms with Crippen molar-refractivity contribution in [3.8, 4) is 0 Å². The first-order valence-electron chi connectivity index (χ1n) is 3.38. The summed E-state index contributed by atoms with van der Waals surface area (Å²) in [5.74, 6) is 0. The third kappa shape index (κ3) is 1.20. The Bertz CT molecular complexity index is 103. The lowest BCUT2D eigenvalue weighted by atomic mass is 10.2. The minimum Gasteiger partial charge on any atom is -0.373 e. The van der Waals surface area contributed by atoms with Crippen LogP contribution in [0.4, 0.5) is 0 Å². The summed E-state index contributed by atoms with van der Waals surface area (Å²) in [6, 6.07) is 0. The molecule has 2 unspecified atom stereocenters. The van der Waals surface area contributed by atoms with Crippen molar-refractivity contribution in [2.75, 3.05) is 13.2 Å². The summed E-state index contributed by atoms with van der Waals surface area (Å²) < 4.78 is 17.8. The summed E-state index contributed by atoms with van der Waals surface area (Å²) in [7, 11) is 0. The summed E-state index contributed by atoms with van der Waals surface area (Å²) in [6.07, 6.45) is -0.940. The van der Waals surface area contributed by atoms with E-state index in [2.05, 4.69) is 0 Å². The lowest BCUT2D eigenvalue weighted by Crippen LogP contribution is -2.33. The Balaban J connectivity index is 2.49. The fourth-order valence-electron chi connectivity index (χ4n) is 0.662. The Hall–Kier alpha value is -0.0800. The lowest BCUT2D eigenvalue weighted by Gasteiger charge is -2.25. The quantitative estimate of drug-likeness (QED) is 0.467. The summed E-state index contributed by atoms with van der Waals surface area (Å²) in [5, 5.41) is 0. The first-order valence-corrected chi connectivity index (χ1v) is 2.88. The molecule has 1 heterocycles. The predicted octanol–water partition coefficient (Wildman–Crippen LogP) is 0.810.